The molecule has 0 aliphatic carbocycles. The molecule has 2 atom stereocenters. The molecular formula is C20H33N3O2. The van der Waals surface area contributed by atoms with Gasteiger partial charge in [-0.2, -0.15) is 0 Å². The first-order valence-corrected chi connectivity index (χ1v) is 8.94. The summed E-state index contributed by atoms with van der Waals surface area (Å²) in [6.45, 7) is 11.9. The molecule has 2 N–H and O–H groups in total. The van der Waals surface area contributed by atoms with Crippen molar-refractivity contribution < 1.29 is 9.59 Å². The SMILES string of the molecule is CCc1ccc(C(C)NC(=O)C(C)N(C)CC(=O)NC(C)(C)C)cc1. The average molecular weight is 348 g/mol. The van der Waals surface area contributed by atoms with Crippen LogP contribution in [0.15, 0.2) is 24.3 Å². The third-order valence-electron chi connectivity index (χ3n) is 4.19. The summed E-state index contributed by atoms with van der Waals surface area (Å²) in [6.07, 6.45) is 0.999. The maximum atomic E-state index is 12.5. The average Bonchev–Trinajstić information content (AvgIpc) is 2.52. The van der Waals surface area contributed by atoms with Crippen molar-refractivity contribution in [3.63, 3.8) is 0 Å². The molecule has 5 nitrogen and oxygen atoms in total. The summed E-state index contributed by atoms with van der Waals surface area (Å²) in [5.74, 6) is -0.170. The van der Waals surface area contributed by atoms with E-state index in [0.717, 1.165) is 12.0 Å². The van der Waals surface area contributed by atoms with Gasteiger partial charge in [-0.05, 0) is 59.2 Å². The normalized spacial score (nSPS) is 14.1. The number of nitrogens with one attached hydrogen (secondary N) is 2. The van der Waals surface area contributed by atoms with E-state index in [1.165, 1.54) is 5.56 Å². The maximum Gasteiger partial charge on any atom is 0.237 e. The number of carbonyl (C=O) groups is 2. The van der Waals surface area contributed by atoms with Gasteiger partial charge < -0.3 is 10.6 Å². The molecule has 1 aromatic rings. The molecular weight excluding hydrogens is 314 g/mol. The van der Waals surface area contributed by atoms with E-state index in [0.29, 0.717) is 0 Å². The van der Waals surface area contributed by atoms with E-state index in [2.05, 4.69) is 41.8 Å². The van der Waals surface area contributed by atoms with E-state index in [-0.39, 0.29) is 36.0 Å². The molecule has 1 aromatic carbocycles. The van der Waals surface area contributed by atoms with Gasteiger partial charge in [0.05, 0.1) is 18.6 Å². The van der Waals surface area contributed by atoms with Crippen LogP contribution in [0.2, 0.25) is 0 Å². The molecule has 140 valence electrons. The van der Waals surface area contributed by atoms with Gasteiger partial charge >= 0.3 is 0 Å². The molecule has 5 heteroatoms. The molecule has 1 rings (SSSR count). The molecule has 25 heavy (non-hydrogen) atoms. The molecule has 0 spiro atoms. The van der Waals surface area contributed by atoms with E-state index in [4.69, 9.17) is 0 Å². The second-order valence-electron chi connectivity index (χ2n) is 7.71. The molecule has 0 heterocycles. The number of hydrogen-bond acceptors (Lipinski definition) is 3. The fraction of sp³-hybridized carbons (Fsp3) is 0.600. The number of rotatable bonds is 7. The van der Waals surface area contributed by atoms with Gasteiger partial charge in [0.15, 0.2) is 0 Å². The Morgan fingerprint density at radius 1 is 1.12 bits per heavy atom. The Balaban J connectivity index is 2.58. The van der Waals surface area contributed by atoms with Gasteiger partial charge in [0, 0.05) is 5.54 Å². The zero-order valence-electron chi connectivity index (χ0n) is 16.6. The Morgan fingerprint density at radius 3 is 2.16 bits per heavy atom. The fourth-order valence-corrected chi connectivity index (χ4v) is 2.48. The van der Waals surface area contributed by atoms with Gasteiger partial charge in [-0.3, -0.25) is 14.5 Å². The highest BCUT2D eigenvalue weighted by Gasteiger charge is 2.23. The summed E-state index contributed by atoms with van der Waals surface area (Å²) in [5, 5.41) is 5.93. The van der Waals surface area contributed by atoms with Crippen molar-refractivity contribution in [1.29, 1.82) is 0 Å². The molecule has 0 aliphatic rings. The number of likely N-dealkylation sites (N-methyl/N-ethyl adjacent to an activating group) is 1. The third-order valence-corrected chi connectivity index (χ3v) is 4.19. The quantitative estimate of drug-likeness (QED) is 0.797. The Morgan fingerprint density at radius 2 is 1.68 bits per heavy atom. The topological polar surface area (TPSA) is 61.4 Å². The van der Waals surface area contributed by atoms with Gasteiger partial charge in [-0.1, -0.05) is 31.2 Å². The molecule has 0 saturated carbocycles. The van der Waals surface area contributed by atoms with E-state index >= 15 is 0 Å². The Bertz CT molecular complexity index is 576. The van der Waals surface area contributed by atoms with Gasteiger partial charge in [-0.25, -0.2) is 0 Å². The van der Waals surface area contributed by atoms with Gasteiger partial charge in [0.25, 0.3) is 0 Å². The van der Waals surface area contributed by atoms with Crippen LogP contribution in [-0.4, -0.2) is 41.9 Å². The number of benzene rings is 1. The molecule has 2 amide bonds. The summed E-state index contributed by atoms with van der Waals surface area (Å²) in [7, 11) is 1.78. The van der Waals surface area contributed by atoms with E-state index in [9.17, 15) is 9.59 Å². The molecule has 0 fully saturated rings. The lowest BCUT2D eigenvalue weighted by atomic mass is 10.0. The van der Waals surface area contributed by atoms with Crippen LogP contribution in [0.3, 0.4) is 0 Å². The molecule has 0 aliphatic heterocycles. The first-order chi connectivity index (χ1) is 11.5. The second kappa shape index (κ2) is 8.99. The fourth-order valence-electron chi connectivity index (χ4n) is 2.48. The van der Waals surface area contributed by atoms with Crippen molar-refractivity contribution in [1.82, 2.24) is 15.5 Å². The van der Waals surface area contributed by atoms with Crippen molar-refractivity contribution in [3.05, 3.63) is 35.4 Å². The van der Waals surface area contributed by atoms with E-state index in [1.54, 1.807) is 11.9 Å². The predicted octanol–water partition coefficient (Wildman–Crippen LogP) is 2.66. The van der Waals surface area contributed by atoms with Crippen molar-refractivity contribution in [3.8, 4) is 0 Å². The van der Waals surface area contributed by atoms with Gasteiger partial charge in [0.2, 0.25) is 11.8 Å². The molecule has 0 radical (unpaired) electrons. The van der Waals surface area contributed by atoms with Crippen molar-refractivity contribution in [2.75, 3.05) is 13.6 Å². The highest BCUT2D eigenvalue weighted by atomic mass is 16.2. The summed E-state index contributed by atoms with van der Waals surface area (Å²) >= 11 is 0. The predicted molar refractivity (Wildman–Crippen MR) is 102 cm³/mol. The summed E-state index contributed by atoms with van der Waals surface area (Å²) in [4.78, 5) is 26.2. The Hall–Kier alpha value is -1.88. The van der Waals surface area contributed by atoms with Crippen LogP contribution in [0.25, 0.3) is 0 Å². The summed E-state index contributed by atoms with van der Waals surface area (Å²) in [6, 6.07) is 7.82. The van der Waals surface area contributed by atoms with Crippen LogP contribution in [0.5, 0.6) is 0 Å². The van der Waals surface area contributed by atoms with Gasteiger partial charge in [0.1, 0.15) is 0 Å². The number of hydrogen-bond donors (Lipinski definition) is 2. The first kappa shape index (κ1) is 21.2. The van der Waals surface area contributed by atoms with Crippen LogP contribution in [-0.2, 0) is 16.0 Å². The zero-order chi connectivity index (χ0) is 19.2. The molecule has 0 aromatic heterocycles. The summed E-state index contributed by atoms with van der Waals surface area (Å²) in [5.41, 5.74) is 2.08. The van der Waals surface area contributed by atoms with Crippen LogP contribution >= 0.6 is 0 Å². The number of amides is 2. The second-order valence-corrected chi connectivity index (χ2v) is 7.71. The van der Waals surface area contributed by atoms with Crippen LogP contribution < -0.4 is 10.6 Å². The highest BCUT2D eigenvalue weighted by molar-refractivity contribution is 5.83. The zero-order valence-corrected chi connectivity index (χ0v) is 16.6. The smallest absolute Gasteiger partial charge is 0.237 e. The standard InChI is InChI=1S/C20H33N3O2/c1-8-16-9-11-17(12-10-16)14(2)21-19(25)15(3)23(7)13-18(24)22-20(4,5)6/h9-12,14-15H,8,13H2,1-7H3,(H,21,25)(H,22,24). The van der Waals surface area contributed by atoms with Crippen LogP contribution in [0, 0.1) is 0 Å². The number of nitrogens with zero attached hydrogens (tertiary/aromatic N) is 1. The monoisotopic (exact) mass is 347 g/mol. The minimum absolute atomic E-state index is 0.0716. The van der Waals surface area contributed by atoms with Crippen molar-refractivity contribution in [2.45, 2.75) is 65.6 Å². The molecule has 0 bridgehead atoms. The van der Waals surface area contributed by atoms with Gasteiger partial charge in [-0.15, -0.1) is 0 Å². The Labute approximate surface area is 152 Å². The lowest BCUT2D eigenvalue weighted by Crippen LogP contribution is -2.50. The molecule has 0 saturated heterocycles. The van der Waals surface area contributed by atoms with Crippen molar-refractivity contribution >= 4 is 11.8 Å². The third kappa shape index (κ3) is 7.26. The lowest BCUT2D eigenvalue weighted by molar-refractivity contribution is -0.128. The van der Waals surface area contributed by atoms with Crippen LogP contribution in [0.1, 0.15) is 58.7 Å². The van der Waals surface area contributed by atoms with Crippen molar-refractivity contribution in [2.24, 2.45) is 0 Å². The van der Waals surface area contributed by atoms with E-state index in [1.807, 2.05) is 34.6 Å². The first-order valence-electron chi connectivity index (χ1n) is 8.94. The number of carbonyl (C=O) groups excluding carboxylic acids is 2. The minimum atomic E-state index is -0.386. The highest BCUT2D eigenvalue weighted by Crippen LogP contribution is 2.14. The largest absolute Gasteiger partial charge is 0.350 e. The lowest BCUT2D eigenvalue weighted by Gasteiger charge is -2.27. The summed E-state index contributed by atoms with van der Waals surface area (Å²) < 4.78 is 0. The maximum absolute atomic E-state index is 12.5. The Kier molecular flexibility index (Phi) is 7.61. The number of aryl methyl sites for hydroxylation is 1. The molecule has 2 unspecified atom stereocenters. The van der Waals surface area contributed by atoms with Crippen LogP contribution in [0.4, 0.5) is 0 Å². The van der Waals surface area contributed by atoms with E-state index < -0.39 is 0 Å². The minimum Gasteiger partial charge on any atom is -0.350 e.